The molecule has 6 heteroatoms. The Balaban J connectivity index is 2.31. The molecule has 1 N–H and O–H groups in total. The van der Waals surface area contributed by atoms with E-state index in [-0.39, 0.29) is 6.61 Å². The maximum atomic E-state index is 8.76. The molecule has 2 aromatic heterocycles. The van der Waals surface area contributed by atoms with Crippen molar-refractivity contribution in [1.82, 2.24) is 19.7 Å². The third-order valence-corrected chi connectivity index (χ3v) is 2.61. The number of rotatable bonds is 5. The molecule has 2 heterocycles. The summed E-state index contributed by atoms with van der Waals surface area (Å²) in [7, 11) is 3.90. The Kier molecular flexibility index (Phi) is 3.53. The van der Waals surface area contributed by atoms with Crippen molar-refractivity contribution < 1.29 is 5.11 Å². The molecule has 0 radical (unpaired) electrons. The van der Waals surface area contributed by atoms with Gasteiger partial charge in [0.15, 0.2) is 5.65 Å². The van der Waals surface area contributed by atoms with E-state index in [0.717, 1.165) is 36.2 Å². The van der Waals surface area contributed by atoms with Crippen molar-refractivity contribution in [2.75, 3.05) is 25.6 Å². The molecule has 17 heavy (non-hydrogen) atoms. The lowest BCUT2D eigenvalue weighted by Crippen LogP contribution is -2.11. The minimum Gasteiger partial charge on any atom is -0.396 e. The van der Waals surface area contributed by atoms with Gasteiger partial charge in [-0.25, -0.2) is 14.6 Å². The Bertz CT molecular complexity index is 494. The van der Waals surface area contributed by atoms with Crippen molar-refractivity contribution in [3.63, 3.8) is 0 Å². The lowest BCUT2D eigenvalue weighted by molar-refractivity contribution is 0.280. The first kappa shape index (κ1) is 11.8. The molecule has 0 saturated heterocycles. The molecule has 0 unspecified atom stereocenters. The van der Waals surface area contributed by atoms with Crippen LogP contribution in [0.4, 0.5) is 5.82 Å². The van der Waals surface area contributed by atoms with Crippen LogP contribution in [0.3, 0.4) is 0 Å². The molecule has 0 amide bonds. The van der Waals surface area contributed by atoms with Crippen LogP contribution in [-0.2, 0) is 6.54 Å². The van der Waals surface area contributed by atoms with E-state index in [9.17, 15) is 0 Å². The molecule has 0 bridgehead atoms. The number of hydrogen-bond donors (Lipinski definition) is 1. The number of aromatic nitrogens is 4. The van der Waals surface area contributed by atoms with E-state index in [1.807, 2.05) is 23.7 Å². The topological polar surface area (TPSA) is 67.1 Å². The monoisotopic (exact) mass is 235 g/mol. The van der Waals surface area contributed by atoms with Crippen LogP contribution in [0.25, 0.3) is 11.0 Å². The quantitative estimate of drug-likeness (QED) is 0.771. The molecule has 92 valence electrons. The second-order valence-electron chi connectivity index (χ2n) is 4.13. The Labute approximate surface area is 99.9 Å². The predicted molar refractivity (Wildman–Crippen MR) is 66.0 cm³/mol. The highest BCUT2D eigenvalue weighted by atomic mass is 16.2. The number of aryl methyl sites for hydroxylation is 1. The van der Waals surface area contributed by atoms with Crippen LogP contribution in [0.1, 0.15) is 12.8 Å². The van der Waals surface area contributed by atoms with E-state index in [1.54, 1.807) is 12.5 Å². The summed E-state index contributed by atoms with van der Waals surface area (Å²) < 4.78 is 1.86. The Morgan fingerprint density at radius 1 is 1.29 bits per heavy atom. The summed E-state index contributed by atoms with van der Waals surface area (Å²) in [6.07, 6.45) is 5.03. The fourth-order valence-electron chi connectivity index (χ4n) is 1.77. The second kappa shape index (κ2) is 5.09. The van der Waals surface area contributed by atoms with E-state index in [2.05, 4.69) is 15.1 Å². The lowest BCUT2D eigenvalue weighted by Gasteiger charge is -2.11. The van der Waals surface area contributed by atoms with Crippen LogP contribution in [-0.4, -0.2) is 45.6 Å². The Morgan fingerprint density at radius 3 is 2.82 bits per heavy atom. The van der Waals surface area contributed by atoms with Crippen molar-refractivity contribution in [2.24, 2.45) is 0 Å². The van der Waals surface area contributed by atoms with E-state index in [1.165, 1.54) is 0 Å². The van der Waals surface area contributed by atoms with Crippen LogP contribution in [0, 0.1) is 0 Å². The van der Waals surface area contributed by atoms with Crippen LogP contribution >= 0.6 is 0 Å². The van der Waals surface area contributed by atoms with Gasteiger partial charge in [0.05, 0.1) is 11.6 Å². The summed E-state index contributed by atoms with van der Waals surface area (Å²) in [5.41, 5.74) is 0.849. The number of aliphatic hydroxyl groups excluding tert-OH is 1. The summed E-state index contributed by atoms with van der Waals surface area (Å²) in [5.74, 6) is 0.878. The SMILES string of the molecule is CN(C)c1ncnc2c1cnn2CCCCO. The third-order valence-electron chi connectivity index (χ3n) is 2.61. The fourth-order valence-corrected chi connectivity index (χ4v) is 1.77. The van der Waals surface area contributed by atoms with Gasteiger partial charge < -0.3 is 10.0 Å². The molecule has 0 aliphatic rings. The van der Waals surface area contributed by atoms with Gasteiger partial charge in [0.25, 0.3) is 0 Å². The highest BCUT2D eigenvalue weighted by Gasteiger charge is 2.10. The van der Waals surface area contributed by atoms with Gasteiger partial charge in [-0.1, -0.05) is 0 Å². The van der Waals surface area contributed by atoms with Crippen LogP contribution in [0.2, 0.25) is 0 Å². The number of anilines is 1. The molecular weight excluding hydrogens is 218 g/mol. The summed E-state index contributed by atoms with van der Waals surface area (Å²) >= 11 is 0. The van der Waals surface area contributed by atoms with E-state index in [4.69, 9.17) is 5.11 Å². The zero-order chi connectivity index (χ0) is 12.3. The zero-order valence-electron chi connectivity index (χ0n) is 10.2. The summed E-state index contributed by atoms with van der Waals surface area (Å²) in [5, 5.41) is 14.0. The highest BCUT2D eigenvalue weighted by Crippen LogP contribution is 2.20. The Hall–Kier alpha value is -1.69. The smallest absolute Gasteiger partial charge is 0.163 e. The molecule has 2 rings (SSSR count). The van der Waals surface area contributed by atoms with Gasteiger partial charge in [-0.3, -0.25) is 0 Å². The second-order valence-corrected chi connectivity index (χ2v) is 4.13. The van der Waals surface area contributed by atoms with Gasteiger partial charge in [-0.2, -0.15) is 5.10 Å². The van der Waals surface area contributed by atoms with Crippen LogP contribution < -0.4 is 4.90 Å². The minimum atomic E-state index is 0.219. The molecular formula is C11H17N5O. The molecule has 2 aromatic rings. The molecule has 6 nitrogen and oxygen atoms in total. The predicted octanol–water partition coefficient (Wildman–Crippen LogP) is 0.665. The van der Waals surface area contributed by atoms with Crippen LogP contribution in [0.5, 0.6) is 0 Å². The normalized spacial score (nSPS) is 11.0. The first-order valence-electron chi connectivity index (χ1n) is 5.68. The molecule has 0 spiro atoms. The first-order valence-corrected chi connectivity index (χ1v) is 5.68. The molecule has 0 aliphatic carbocycles. The van der Waals surface area contributed by atoms with E-state index >= 15 is 0 Å². The van der Waals surface area contributed by atoms with E-state index < -0.39 is 0 Å². The summed E-state index contributed by atoms with van der Waals surface area (Å²) in [4.78, 5) is 10.4. The van der Waals surface area contributed by atoms with Crippen molar-refractivity contribution in [1.29, 1.82) is 0 Å². The third kappa shape index (κ3) is 2.36. The van der Waals surface area contributed by atoms with Crippen molar-refractivity contribution in [2.45, 2.75) is 19.4 Å². The molecule has 0 fully saturated rings. The Morgan fingerprint density at radius 2 is 2.12 bits per heavy atom. The largest absolute Gasteiger partial charge is 0.396 e. The van der Waals surface area contributed by atoms with Gasteiger partial charge in [0, 0.05) is 27.2 Å². The highest BCUT2D eigenvalue weighted by molar-refractivity contribution is 5.86. The summed E-state index contributed by atoms with van der Waals surface area (Å²) in [6.45, 7) is 0.991. The van der Waals surface area contributed by atoms with Crippen molar-refractivity contribution >= 4 is 16.9 Å². The lowest BCUT2D eigenvalue weighted by atomic mass is 10.3. The number of fused-ring (bicyclic) bond motifs is 1. The molecule has 0 aromatic carbocycles. The minimum absolute atomic E-state index is 0.219. The average molecular weight is 235 g/mol. The number of aliphatic hydroxyl groups is 1. The van der Waals surface area contributed by atoms with Gasteiger partial charge >= 0.3 is 0 Å². The van der Waals surface area contributed by atoms with Gasteiger partial charge in [0.2, 0.25) is 0 Å². The summed E-state index contributed by atoms with van der Waals surface area (Å²) in [6, 6.07) is 0. The van der Waals surface area contributed by atoms with Gasteiger partial charge in [-0.15, -0.1) is 0 Å². The van der Waals surface area contributed by atoms with E-state index in [0.29, 0.717) is 0 Å². The standard InChI is InChI=1S/C11H17N5O/c1-15(2)10-9-7-14-16(5-3-4-6-17)11(9)13-8-12-10/h7-8,17H,3-6H2,1-2H3. The van der Waals surface area contributed by atoms with Crippen molar-refractivity contribution in [3.8, 4) is 0 Å². The van der Waals surface area contributed by atoms with Crippen LogP contribution in [0.15, 0.2) is 12.5 Å². The molecule has 0 atom stereocenters. The van der Waals surface area contributed by atoms with Gasteiger partial charge in [0.1, 0.15) is 12.1 Å². The number of nitrogens with zero attached hydrogens (tertiary/aromatic N) is 5. The zero-order valence-corrected chi connectivity index (χ0v) is 10.2. The number of hydrogen-bond acceptors (Lipinski definition) is 5. The maximum absolute atomic E-state index is 8.76. The average Bonchev–Trinajstić information content (AvgIpc) is 2.72. The molecule has 0 saturated carbocycles. The van der Waals surface area contributed by atoms with Crippen molar-refractivity contribution in [3.05, 3.63) is 12.5 Å². The first-order chi connectivity index (χ1) is 8.24. The van der Waals surface area contributed by atoms with Gasteiger partial charge in [-0.05, 0) is 12.8 Å². The molecule has 0 aliphatic heterocycles. The number of unbranched alkanes of at least 4 members (excludes halogenated alkanes) is 1. The fraction of sp³-hybridized carbons (Fsp3) is 0.545. The maximum Gasteiger partial charge on any atom is 0.163 e.